The van der Waals surface area contributed by atoms with Gasteiger partial charge < -0.3 is 18.5 Å². The maximum Gasteiger partial charge on any atom is 0.357 e. The zero-order valence-electron chi connectivity index (χ0n) is 30.4. The van der Waals surface area contributed by atoms with E-state index in [2.05, 4.69) is 13.8 Å². The van der Waals surface area contributed by atoms with Crippen molar-refractivity contribution >= 4 is 37.6 Å². The van der Waals surface area contributed by atoms with Crippen molar-refractivity contribution in [2.45, 2.75) is 19.3 Å². The van der Waals surface area contributed by atoms with Crippen LogP contribution in [0.15, 0.2) is 146 Å². The highest BCUT2D eigenvalue weighted by molar-refractivity contribution is 7.75. The first kappa shape index (κ1) is 36.6. The molecule has 0 amide bonds. The summed E-state index contributed by atoms with van der Waals surface area (Å²) >= 11 is 0. The Balaban J connectivity index is 0.857. The average Bonchev–Trinajstić information content (AvgIpc) is 3.20. The normalized spacial score (nSPS) is 18.0. The number of benzene rings is 6. The molecule has 10 heteroatoms. The molecule has 276 valence electrons. The molecule has 2 aliphatic rings. The molecule has 6 aromatic carbocycles. The second-order valence-electron chi connectivity index (χ2n) is 14.3. The number of carbonyl (C=O) groups excluding carboxylic acids is 2. The third-order valence-corrected chi connectivity index (χ3v) is 15.0. The summed E-state index contributed by atoms with van der Waals surface area (Å²) in [6, 6.07) is 45.4. The Morgan fingerprint density at radius 3 is 1.25 bits per heavy atom. The van der Waals surface area contributed by atoms with Crippen LogP contribution in [0.1, 0.15) is 25.0 Å². The lowest BCUT2D eigenvalue weighted by Gasteiger charge is -2.27. The van der Waals surface area contributed by atoms with E-state index in [0.29, 0.717) is 33.6 Å². The van der Waals surface area contributed by atoms with Crippen LogP contribution in [-0.2, 0) is 15.0 Å². The molecule has 0 saturated heterocycles. The highest BCUT2D eigenvalue weighted by Crippen LogP contribution is 2.61. The lowest BCUT2D eigenvalue weighted by molar-refractivity contribution is -0.119. The number of carbonyl (C=O) groups is 2. The first-order chi connectivity index (χ1) is 26.5. The van der Waals surface area contributed by atoms with Gasteiger partial charge >= 0.3 is 15.4 Å². The number of ether oxygens (including phenoxy) is 2. The van der Waals surface area contributed by atoms with E-state index in [1.54, 1.807) is 0 Å². The van der Waals surface area contributed by atoms with Crippen molar-refractivity contribution in [1.82, 2.24) is 0 Å². The van der Waals surface area contributed by atoms with Gasteiger partial charge in [0, 0.05) is 27.7 Å². The summed E-state index contributed by atoms with van der Waals surface area (Å²) < 4.78 is 23.9. The third-order valence-electron chi connectivity index (χ3n) is 10.1. The molecule has 0 radical (unpaired) electrons. The minimum absolute atomic E-state index is 0.154. The molecule has 0 aliphatic carbocycles. The molecule has 2 aliphatic heterocycles. The Morgan fingerprint density at radius 2 is 0.855 bits per heavy atom. The summed E-state index contributed by atoms with van der Waals surface area (Å²) in [6.07, 6.45) is -0.308. The van der Waals surface area contributed by atoms with Crippen LogP contribution in [0.4, 0.5) is 0 Å². The summed E-state index contributed by atoms with van der Waals surface area (Å²) in [5, 5.41) is 1.32. The van der Waals surface area contributed by atoms with Crippen molar-refractivity contribution in [3.8, 4) is 45.3 Å². The zero-order valence-corrected chi connectivity index (χ0v) is 32.2. The molecule has 2 unspecified atom stereocenters. The van der Waals surface area contributed by atoms with Crippen LogP contribution in [0.3, 0.4) is 0 Å². The molecular weight excluding hydrogens is 730 g/mol. The number of para-hydroxylation sites is 2. The average molecular weight is 771 g/mol. The van der Waals surface area contributed by atoms with Gasteiger partial charge in [0.15, 0.2) is 47.6 Å². The second kappa shape index (κ2) is 14.7. The highest BCUT2D eigenvalue weighted by atomic mass is 31.2. The van der Waals surface area contributed by atoms with Crippen LogP contribution in [0.5, 0.6) is 23.0 Å². The van der Waals surface area contributed by atoms with E-state index in [-0.39, 0.29) is 42.5 Å². The SMILES string of the molecule is CC(C)(c1ccc(OCC(=O)C[P+]2(O)Oc3ccccc3-c3ccccc32)cc1)c1ccc(OCC(=O)C[P+]2(O)Oc3ccccc3-c3ccccc32)cc1. The van der Waals surface area contributed by atoms with Crippen molar-refractivity contribution in [2.75, 3.05) is 25.5 Å². The van der Waals surface area contributed by atoms with Gasteiger partial charge in [-0.3, -0.25) is 9.59 Å². The Bertz CT molecular complexity index is 2230. The van der Waals surface area contributed by atoms with Gasteiger partial charge in [-0.15, -0.1) is 0 Å². The molecule has 8 rings (SSSR count). The number of hydrogen-bond acceptors (Lipinski definition) is 8. The fourth-order valence-corrected chi connectivity index (χ4v) is 11.8. The van der Waals surface area contributed by atoms with Gasteiger partial charge in [-0.2, -0.15) is 0 Å². The molecule has 2 atom stereocenters. The van der Waals surface area contributed by atoms with E-state index >= 15 is 0 Å². The van der Waals surface area contributed by atoms with Gasteiger partial charge in [0.2, 0.25) is 11.6 Å². The van der Waals surface area contributed by atoms with Gasteiger partial charge in [-0.25, -0.2) is 9.79 Å². The molecule has 0 aromatic heterocycles. The van der Waals surface area contributed by atoms with Gasteiger partial charge in [0.05, 0.1) is 0 Å². The van der Waals surface area contributed by atoms with Crippen molar-refractivity contribution in [3.63, 3.8) is 0 Å². The molecule has 0 saturated carbocycles. The minimum atomic E-state index is -3.24. The van der Waals surface area contributed by atoms with Gasteiger partial charge in [0.1, 0.15) is 11.5 Å². The number of hydrogen-bond donors (Lipinski definition) is 2. The van der Waals surface area contributed by atoms with Crippen molar-refractivity contribution < 1.29 is 37.9 Å². The Hall–Kier alpha value is -5.36. The van der Waals surface area contributed by atoms with Gasteiger partial charge in [-0.05, 0) is 59.7 Å². The molecule has 0 spiro atoms. The Kier molecular flexibility index (Phi) is 9.79. The fraction of sp³-hybridized carbons (Fsp3) is 0.156. The van der Waals surface area contributed by atoms with Crippen LogP contribution in [0.25, 0.3) is 22.3 Å². The molecule has 8 nitrogen and oxygen atoms in total. The smallest absolute Gasteiger partial charge is 0.357 e. The van der Waals surface area contributed by atoms with Crippen LogP contribution in [0, 0.1) is 0 Å². The van der Waals surface area contributed by atoms with Crippen LogP contribution < -0.4 is 29.1 Å². The summed E-state index contributed by atoms with van der Waals surface area (Å²) in [6.45, 7) is 3.83. The van der Waals surface area contributed by atoms with Crippen molar-refractivity contribution in [3.05, 3.63) is 157 Å². The molecular formula is C45H40O8P2+2. The predicted molar refractivity (Wildman–Crippen MR) is 218 cm³/mol. The molecule has 55 heavy (non-hydrogen) atoms. The van der Waals surface area contributed by atoms with Crippen LogP contribution in [-0.4, -0.2) is 46.9 Å². The highest BCUT2D eigenvalue weighted by Gasteiger charge is 2.51. The molecule has 0 fully saturated rings. The standard InChI is InChI=1S/C45H40O8P2/c1-45(2,31-19-23-35(24-20-31)50-27-33(46)29-54(48)43-17-9-5-13-39(43)37-11-3-7-15-41(37)52-54)32-21-25-36(26-22-32)51-28-34(47)30-55(49)44-18-10-6-14-40(44)38-12-4-8-16-42(38)53-55/h3-26,48-49H,27-30H2,1-2H3/q+2. The van der Waals surface area contributed by atoms with E-state index in [4.69, 9.17) is 18.5 Å². The van der Waals surface area contributed by atoms with Crippen molar-refractivity contribution in [2.24, 2.45) is 0 Å². The molecule has 2 heterocycles. The summed E-state index contributed by atoms with van der Waals surface area (Å²) in [5.74, 6) is 1.72. The maximum atomic E-state index is 13.1. The lowest BCUT2D eigenvalue weighted by atomic mass is 9.78. The number of ketones is 2. The number of fused-ring (bicyclic) bond motifs is 6. The van der Waals surface area contributed by atoms with Gasteiger partial charge in [0.25, 0.3) is 0 Å². The number of Topliss-reactive ketones (excluding diaryl/α,β-unsaturated/α-hetero) is 2. The Morgan fingerprint density at radius 1 is 0.509 bits per heavy atom. The minimum Gasteiger partial charge on any atom is -0.486 e. The summed E-state index contributed by atoms with van der Waals surface area (Å²) in [4.78, 5) is 49.6. The number of rotatable bonds is 12. The maximum absolute atomic E-state index is 13.1. The fourth-order valence-electron chi connectivity index (χ4n) is 7.21. The second-order valence-corrected chi connectivity index (χ2v) is 19.0. The topological polar surface area (TPSA) is 112 Å². The monoisotopic (exact) mass is 770 g/mol. The lowest BCUT2D eigenvalue weighted by Crippen LogP contribution is -2.29. The first-order valence-electron chi connectivity index (χ1n) is 18.0. The van der Waals surface area contributed by atoms with Gasteiger partial charge in [-0.1, -0.05) is 111 Å². The largest absolute Gasteiger partial charge is 0.486 e. The van der Waals surface area contributed by atoms with E-state index in [9.17, 15) is 19.4 Å². The van der Waals surface area contributed by atoms with E-state index in [1.165, 1.54) is 0 Å². The van der Waals surface area contributed by atoms with Crippen LogP contribution in [0.2, 0.25) is 0 Å². The van der Waals surface area contributed by atoms with E-state index in [0.717, 1.165) is 33.4 Å². The van der Waals surface area contributed by atoms with E-state index < -0.39 is 15.4 Å². The predicted octanol–water partition coefficient (Wildman–Crippen LogP) is 8.36. The van der Waals surface area contributed by atoms with Crippen molar-refractivity contribution in [1.29, 1.82) is 0 Å². The quantitative estimate of drug-likeness (QED) is 0.120. The molecule has 6 aromatic rings. The molecule has 0 bridgehead atoms. The van der Waals surface area contributed by atoms with E-state index in [1.807, 2.05) is 146 Å². The first-order valence-corrected chi connectivity index (χ1v) is 21.7. The summed E-state index contributed by atoms with van der Waals surface area (Å²) in [7, 11) is -6.48. The van der Waals surface area contributed by atoms with Crippen LogP contribution >= 0.6 is 15.4 Å². The Labute approximate surface area is 321 Å². The zero-order chi connectivity index (χ0) is 38.2. The molecule has 2 N–H and O–H groups in total. The third kappa shape index (κ3) is 7.27. The summed E-state index contributed by atoms with van der Waals surface area (Å²) in [5.41, 5.74) is 5.24.